The fourth-order valence-corrected chi connectivity index (χ4v) is 3.66. The number of aryl methyl sites for hydroxylation is 2. The lowest BCUT2D eigenvalue weighted by molar-refractivity contribution is -0.143. The lowest BCUT2D eigenvalue weighted by Gasteiger charge is -2.20. The molecule has 1 heterocycles. The van der Waals surface area contributed by atoms with Crippen molar-refractivity contribution in [2.24, 2.45) is 7.05 Å². The standard InChI is InChI=1S/C26H29N3O6/c1-5-35-22(30)14-21(27-26(33)28-23-24(31)16(2)15-29(3)25(23)32)19-8-6-7-18(13-19)17-9-11-20(34-4)12-10-17/h6-13,15,21,31H,5,14H2,1-4H3,(H2,27,28,33). The number of urea groups is 1. The Morgan fingerprint density at radius 2 is 1.83 bits per heavy atom. The molecule has 184 valence electrons. The minimum atomic E-state index is -0.747. The van der Waals surface area contributed by atoms with Crippen molar-refractivity contribution in [3.8, 4) is 22.6 Å². The van der Waals surface area contributed by atoms with Gasteiger partial charge in [-0.15, -0.1) is 0 Å². The van der Waals surface area contributed by atoms with Crippen molar-refractivity contribution in [3.63, 3.8) is 0 Å². The number of nitrogens with zero attached hydrogens (tertiary/aromatic N) is 1. The Morgan fingerprint density at radius 3 is 2.49 bits per heavy atom. The first-order chi connectivity index (χ1) is 16.7. The summed E-state index contributed by atoms with van der Waals surface area (Å²) >= 11 is 0. The number of amides is 2. The number of pyridine rings is 1. The van der Waals surface area contributed by atoms with Crippen molar-refractivity contribution in [2.45, 2.75) is 26.3 Å². The summed E-state index contributed by atoms with van der Waals surface area (Å²) in [4.78, 5) is 37.5. The number of hydrogen-bond acceptors (Lipinski definition) is 6. The molecule has 0 aliphatic rings. The highest BCUT2D eigenvalue weighted by atomic mass is 16.5. The number of rotatable bonds is 8. The number of anilines is 1. The highest BCUT2D eigenvalue weighted by Crippen LogP contribution is 2.27. The summed E-state index contributed by atoms with van der Waals surface area (Å²) in [6.45, 7) is 3.52. The molecular formula is C26H29N3O6. The minimum absolute atomic E-state index is 0.120. The largest absolute Gasteiger partial charge is 0.505 e. The molecule has 0 saturated heterocycles. The number of carbonyl (C=O) groups excluding carboxylic acids is 2. The number of benzene rings is 2. The van der Waals surface area contributed by atoms with Crippen molar-refractivity contribution in [2.75, 3.05) is 19.0 Å². The van der Waals surface area contributed by atoms with Crippen LogP contribution in [0.3, 0.4) is 0 Å². The Kier molecular flexibility index (Phi) is 8.14. The van der Waals surface area contributed by atoms with Crippen LogP contribution in [-0.4, -0.2) is 35.4 Å². The second-order valence-electron chi connectivity index (χ2n) is 7.97. The number of aromatic hydroxyl groups is 1. The molecule has 1 atom stereocenters. The van der Waals surface area contributed by atoms with E-state index in [-0.39, 0.29) is 24.5 Å². The maximum Gasteiger partial charge on any atom is 0.319 e. The van der Waals surface area contributed by atoms with E-state index in [1.807, 2.05) is 42.5 Å². The lowest BCUT2D eigenvalue weighted by atomic mass is 9.98. The molecule has 35 heavy (non-hydrogen) atoms. The third-order valence-electron chi connectivity index (χ3n) is 5.46. The normalized spacial score (nSPS) is 11.4. The van der Waals surface area contributed by atoms with Crippen LogP contribution in [0.5, 0.6) is 11.5 Å². The van der Waals surface area contributed by atoms with Crippen LogP contribution in [0.15, 0.2) is 59.5 Å². The fraction of sp³-hybridized carbons (Fsp3) is 0.269. The number of ether oxygens (including phenoxy) is 2. The molecular weight excluding hydrogens is 450 g/mol. The van der Waals surface area contributed by atoms with Crippen LogP contribution in [0, 0.1) is 6.92 Å². The van der Waals surface area contributed by atoms with Gasteiger partial charge in [-0.2, -0.15) is 0 Å². The summed E-state index contributed by atoms with van der Waals surface area (Å²) in [5.41, 5.74) is 2.10. The zero-order chi connectivity index (χ0) is 25.5. The van der Waals surface area contributed by atoms with Crippen LogP contribution >= 0.6 is 0 Å². The maximum absolute atomic E-state index is 12.8. The Hall–Kier alpha value is -4.27. The molecule has 0 aliphatic carbocycles. The van der Waals surface area contributed by atoms with Gasteiger partial charge in [-0.1, -0.05) is 30.3 Å². The molecule has 3 rings (SSSR count). The van der Waals surface area contributed by atoms with Crippen LogP contribution in [0.4, 0.5) is 10.5 Å². The molecule has 0 spiro atoms. The van der Waals surface area contributed by atoms with Crippen LogP contribution in [0.1, 0.15) is 30.5 Å². The summed E-state index contributed by atoms with van der Waals surface area (Å²) in [5, 5.41) is 15.4. The van der Waals surface area contributed by atoms with E-state index in [1.165, 1.54) is 17.8 Å². The molecule has 9 heteroatoms. The Balaban J connectivity index is 1.89. The van der Waals surface area contributed by atoms with Crippen LogP contribution in [0.25, 0.3) is 11.1 Å². The summed E-state index contributed by atoms with van der Waals surface area (Å²) < 4.78 is 11.6. The van der Waals surface area contributed by atoms with Gasteiger partial charge in [0.1, 0.15) is 11.5 Å². The van der Waals surface area contributed by atoms with Crippen molar-refractivity contribution in [3.05, 3.63) is 76.2 Å². The molecule has 1 aromatic heterocycles. The Morgan fingerprint density at radius 1 is 1.11 bits per heavy atom. The number of hydrogen-bond donors (Lipinski definition) is 3. The molecule has 0 fully saturated rings. The summed E-state index contributed by atoms with van der Waals surface area (Å²) in [6, 6.07) is 13.4. The molecule has 2 aromatic carbocycles. The van der Waals surface area contributed by atoms with Gasteiger partial charge in [-0.25, -0.2) is 4.79 Å². The first-order valence-electron chi connectivity index (χ1n) is 11.1. The van der Waals surface area contributed by atoms with Crippen molar-refractivity contribution in [1.29, 1.82) is 0 Å². The topological polar surface area (TPSA) is 119 Å². The molecule has 2 amide bonds. The molecule has 0 saturated carbocycles. The van der Waals surface area contributed by atoms with E-state index in [1.54, 1.807) is 27.0 Å². The van der Waals surface area contributed by atoms with E-state index in [9.17, 15) is 19.5 Å². The summed E-state index contributed by atoms with van der Waals surface area (Å²) in [7, 11) is 3.12. The number of nitrogens with one attached hydrogen (secondary N) is 2. The molecule has 1 unspecified atom stereocenters. The zero-order valence-corrected chi connectivity index (χ0v) is 20.1. The van der Waals surface area contributed by atoms with Gasteiger partial charge in [-0.3, -0.25) is 9.59 Å². The monoisotopic (exact) mass is 479 g/mol. The average molecular weight is 480 g/mol. The van der Waals surface area contributed by atoms with Crippen LogP contribution < -0.4 is 20.9 Å². The predicted octanol–water partition coefficient (Wildman–Crippen LogP) is 3.89. The molecule has 0 radical (unpaired) electrons. The van der Waals surface area contributed by atoms with Gasteiger partial charge in [0.25, 0.3) is 5.56 Å². The van der Waals surface area contributed by atoms with Gasteiger partial charge in [0.2, 0.25) is 0 Å². The molecule has 0 aliphatic heterocycles. The smallest absolute Gasteiger partial charge is 0.319 e. The van der Waals surface area contributed by atoms with E-state index in [4.69, 9.17) is 9.47 Å². The second kappa shape index (κ2) is 11.2. The maximum atomic E-state index is 12.8. The third kappa shape index (κ3) is 6.20. The molecule has 3 N–H and O–H groups in total. The number of esters is 1. The minimum Gasteiger partial charge on any atom is -0.505 e. The van der Waals surface area contributed by atoms with Crippen LogP contribution in [-0.2, 0) is 16.6 Å². The summed E-state index contributed by atoms with van der Waals surface area (Å²) in [6.07, 6.45) is 1.35. The highest BCUT2D eigenvalue weighted by molar-refractivity contribution is 5.91. The summed E-state index contributed by atoms with van der Waals surface area (Å²) in [5.74, 6) is -0.0670. The van der Waals surface area contributed by atoms with E-state index in [0.29, 0.717) is 11.1 Å². The predicted molar refractivity (Wildman–Crippen MR) is 133 cm³/mol. The SMILES string of the molecule is CCOC(=O)CC(NC(=O)Nc1c(O)c(C)cn(C)c1=O)c1cccc(-c2ccc(OC)cc2)c1. The van der Waals surface area contributed by atoms with Crippen molar-refractivity contribution >= 4 is 17.7 Å². The van der Waals surface area contributed by atoms with Gasteiger partial charge in [0.15, 0.2) is 5.69 Å². The van der Waals surface area contributed by atoms with Gasteiger partial charge in [-0.05, 0) is 48.7 Å². The van der Waals surface area contributed by atoms with E-state index in [0.717, 1.165) is 16.9 Å². The molecule has 0 bridgehead atoms. The quantitative estimate of drug-likeness (QED) is 0.422. The lowest BCUT2D eigenvalue weighted by Crippen LogP contribution is -2.36. The molecule has 9 nitrogen and oxygen atoms in total. The first kappa shape index (κ1) is 25.4. The van der Waals surface area contributed by atoms with Crippen molar-refractivity contribution in [1.82, 2.24) is 9.88 Å². The Labute approximate surface area is 203 Å². The van der Waals surface area contributed by atoms with Gasteiger partial charge < -0.3 is 29.8 Å². The van der Waals surface area contributed by atoms with Crippen LogP contribution in [0.2, 0.25) is 0 Å². The van der Waals surface area contributed by atoms with E-state index in [2.05, 4.69) is 10.6 Å². The van der Waals surface area contributed by atoms with Gasteiger partial charge >= 0.3 is 12.0 Å². The second-order valence-corrected chi connectivity index (χ2v) is 7.97. The number of aromatic nitrogens is 1. The number of methoxy groups -OCH3 is 1. The Bertz CT molecular complexity index is 1270. The fourth-order valence-electron chi connectivity index (χ4n) is 3.66. The van der Waals surface area contributed by atoms with Crippen molar-refractivity contribution < 1.29 is 24.2 Å². The van der Waals surface area contributed by atoms with E-state index < -0.39 is 23.6 Å². The van der Waals surface area contributed by atoms with Gasteiger partial charge in [0.05, 0.1) is 26.2 Å². The van der Waals surface area contributed by atoms with E-state index >= 15 is 0 Å². The molecule has 3 aromatic rings. The number of carbonyl (C=O) groups is 2. The zero-order valence-electron chi connectivity index (χ0n) is 20.1. The van der Waals surface area contributed by atoms with Gasteiger partial charge in [0, 0.05) is 18.8 Å². The first-order valence-corrected chi connectivity index (χ1v) is 11.1. The third-order valence-corrected chi connectivity index (χ3v) is 5.46. The highest BCUT2D eigenvalue weighted by Gasteiger charge is 2.22. The average Bonchev–Trinajstić information content (AvgIpc) is 2.85.